The van der Waals surface area contributed by atoms with E-state index in [4.69, 9.17) is 5.73 Å². The van der Waals surface area contributed by atoms with E-state index in [2.05, 4.69) is 36.5 Å². The van der Waals surface area contributed by atoms with Crippen molar-refractivity contribution in [2.75, 3.05) is 13.1 Å². The summed E-state index contributed by atoms with van der Waals surface area (Å²) in [7, 11) is 0. The fourth-order valence-electron chi connectivity index (χ4n) is 1.89. The fraction of sp³-hybridized carbons (Fsp3) is 0.571. The van der Waals surface area contributed by atoms with Crippen LogP contribution in [0, 0.1) is 5.41 Å². The van der Waals surface area contributed by atoms with Gasteiger partial charge in [-0.1, -0.05) is 31.2 Å². The summed E-state index contributed by atoms with van der Waals surface area (Å²) < 4.78 is 0. The third kappa shape index (κ3) is 3.32. The molecule has 0 spiro atoms. The molecule has 2 rings (SSSR count). The summed E-state index contributed by atoms with van der Waals surface area (Å²) in [5, 5.41) is 3.53. The molecule has 1 aliphatic rings. The van der Waals surface area contributed by atoms with Crippen LogP contribution in [-0.2, 0) is 13.0 Å². The molecule has 16 heavy (non-hydrogen) atoms. The number of benzene rings is 1. The van der Waals surface area contributed by atoms with Crippen LogP contribution in [0.3, 0.4) is 0 Å². The van der Waals surface area contributed by atoms with E-state index in [0.29, 0.717) is 5.41 Å². The molecular formula is C14H22N2. The minimum absolute atomic E-state index is 0.597. The molecule has 0 heterocycles. The molecule has 1 aromatic rings. The zero-order valence-electron chi connectivity index (χ0n) is 10.1. The van der Waals surface area contributed by atoms with Crippen molar-refractivity contribution < 1.29 is 0 Å². The second-order valence-electron chi connectivity index (χ2n) is 5.27. The van der Waals surface area contributed by atoms with Crippen LogP contribution in [0.25, 0.3) is 0 Å². The van der Waals surface area contributed by atoms with Gasteiger partial charge in [0, 0.05) is 13.1 Å². The lowest BCUT2D eigenvalue weighted by Gasteiger charge is -2.10. The van der Waals surface area contributed by atoms with Crippen molar-refractivity contribution in [2.24, 2.45) is 11.1 Å². The van der Waals surface area contributed by atoms with Crippen LogP contribution >= 0.6 is 0 Å². The Kier molecular flexibility index (Phi) is 3.62. The molecule has 0 aliphatic heterocycles. The van der Waals surface area contributed by atoms with Crippen LogP contribution in [-0.4, -0.2) is 13.1 Å². The van der Waals surface area contributed by atoms with Crippen molar-refractivity contribution in [1.29, 1.82) is 0 Å². The molecule has 0 saturated heterocycles. The first-order valence-electron chi connectivity index (χ1n) is 6.20. The number of nitrogens with two attached hydrogens (primary N) is 1. The van der Waals surface area contributed by atoms with Gasteiger partial charge in [0.2, 0.25) is 0 Å². The fourth-order valence-corrected chi connectivity index (χ4v) is 1.89. The molecule has 1 fully saturated rings. The van der Waals surface area contributed by atoms with Crippen molar-refractivity contribution in [3.05, 3.63) is 35.4 Å². The van der Waals surface area contributed by atoms with Crippen LogP contribution in [0.4, 0.5) is 0 Å². The largest absolute Gasteiger partial charge is 0.330 e. The van der Waals surface area contributed by atoms with E-state index in [1.807, 2.05) is 0 Å². The molecule has 0 radical (unpaired) electrons. The van der Waals surface area contributed by atoms with E-state index < -0.39 is 0 Å². The van der Waals surface area contributed by atoms with Gasteiger partial charge in [0.25, 0.3) is 0 Å². The van der Waals surface area contributed by atoms with Crippen molar-refractivity contribution in [3.63, 3.8) is 0 Å². The molecule has 0 unspecified atom stereocenters. The maximum absolute atomic E-state index is 5.52. The summed E-state index contributed by atoms with van der Waals surface area (Å²) in [5.41, 5.74) is 8.82. The van der Waals surface area contributed by atoms with Crippen LogP contribution in [0.1, 0.15) is 30.9 Å². The first-order valence-corrected chi connectivity index (χ1v) is 6.20. The summed E-state index contributed by atoms with van der Waals surface area (Å²) in [6.45, 7) is 5.22. The van der Waals surface area contributed by atoms with Gasteiger partial charge in [0.1, 0.15) is 0 Å². The Morgan fingerprint density at radius 2 is 1.81 bits per heavy atom. The molecule has 1 aliphatic carbocycles. The van der Waals surface area contributed by atoms with Gasteiger partial charge in [0.05, 0.1) is 0 Å². The lowest BCUT2D eigenvalue weighted by Crippen LogP contribution is -2.21. The predicted molar refractivity (Wildman–Crippen MR) is 68.2 cm³/mol. The van der Waals surface area contributed by atoms with E-state index in [-0.39, 0.29) is 0 Å². The van der Waals surface area contributed by atoms with E-state index in [9.17, 15) is 0 Å². The minimum Gasteiger partial charge on any atom is -0.330 e. The highest BCUT2D eigenvalue weighted by molar-refractivity contribution is 5.22. The molecule has 0 atom stereocenters. The zero-order valence-corrected chi connectivity index (χ0v) is 10.1. The molecule has 1 aromatic carbocycles. The average molecular weight is 218 g/mol. The highest BCUT2D eigenvalue weighted by Gasteiger charge is 2.36. The normalized spacial score (nSPS) is 17.4. The number of hydrogen-bond acceptors (Lipinski definition) is 2. The van der Waals surface area contributed by atoms with Gasteiger partial charge in [-0.3, -0.25) is 0 Å². The summed E-state index contributed by atoms with van der Waals surface area (Å²) in [6.07, 6.45) is 3.75. The molecule has 0 bridgehead atoms. The smallest absolute Gasteiger partial charge is 0.0205 e. The second kappa shape index (κ2) is 4.98. The van der Waals surface area contributed by atoms with Gasteiger partial charge in [-0.15, -0.1) is 0 Å². The first-order chi connectivity index (χ1) is 7.72. The summed E-state index contributed by atoms with van der Waals surface area (Å²) in [6, 6.07) is 8.77. The monoisotopic (exact) mass is 218 g/mol. The maximum atomic E-state index is 5.52. The number of hydrogen-bond donors (Lipinski definition) is 2. The molecule has 2 heteroatoms. The molecule has 3 N–H and O–H groups in total. The Morgan fingerprint density at radius 1 is 1.19 bits per heavy atom. The molecule has 2 nitrogen and oxygen atoms in total. The van der Waals surface area contributed by atoms with E-state index >= 15 is 0 Å². The first kappa shape index (κ1) is 11.6. The topological polar surface area (TPSA) is 38.0 Å². The standard InChI is InChI=1S/C14H22N2/c1-14(7-8-14)11-16-10-13-4-2-12(3-5-13)6-9-15/h2-5,16H,6-11,15H2,1H3. The van der Waals surface area contributed by atoms with Crippen LogP contribution < -0.4 is 11.1 Å². The number of nitrogens with one attached hydrogen (secondary N) is 1. The summed E-state index contributed by atoms with van der Waals surface area (Å²) in [4.78, 5) is 0. The molecule has 88 valence electrons. The number of rotatable bonds is 6. The highest BCUT2D eigenvalue weighted by Crippen LogP contribution is 2.44. The Hall–Kier alpha value is -0.860. The van der Waals surface area contributed by atoms with Crippen LogP contribution in [0.15, 0.2) is 24.3 Å². The van der Waals surface area contributed by atoms with Crippen molar-refractivity contribution >= 4 is 0 Å². The van der Waals surface area contributed by atoms with Gasteiger partial charge in [-0.25, -0.2) is 0 Å². The maximum Gasteiger partial charge on any atom is 0.0205 e. The molecular weight excluding hydrogens is 196 g/mol. The zero-order chi connectivity index (χ0) is 11.4. The molecule has 0 aromatic heterocycles. The second-order valence-corrected chi connectivity index (χ2v) is 5.27. The minimum atomic E-state index is 0.597. The van der Waals surface area contributed by atoms with Gasteiger partial charge in [-0.05, 0) is 42.3 Å². The van der Waals surface area contributed by atoms with E-state index in [0.717, 1.165) is 26.1 Å². The lowest BCUT2D eigenvalue weighted by molar-refractivity contribution is 0.499. The van der Waals surface area contributed by atoms with Crippen LogP contribution in [0.5, 0.6) is 0 Å². The predicted octanol–water partition coefficient (Wildman–Crippen LogP) is 2.08. The van der Waals surface area contributed by atoms with Gasteiger partial charge < -0.3 is 11.1 Å². The van der Waals surface area contributed by atoms with Gasteiger partial charge >= 0.3 is 0 Å². The van der Waals surface area contributed by atoms with Crippen molar-refractivity contribution in [3.8, 4) is 0 Å². The van der Waals surface area contributed by atoms with E-state index in [1.54, 1.807) is 0 Å². The Bertz CT molecular complexity index is 325. The Labute approximate surface area is 98.2 Å². The lowest BCUT2D eigenvalue weighted by atomic mass is 10.1. The Balaban J connectivity index is 1.76. The van der Waals surface area contributed by atoms with Gasteiger partial charge in [-0.2, -0.15) is 0 Å². The summed E-state index contributed by atoms with van der Waals surface area (Å²) >= 11 is 0. The summed E-state index contributed by atoms with van der Waals surface area (Å²) in [5.74, 6) is 0. The third-order valence-corrected chi connectivity index (χ3v) is 3.44. The van der Waals surface area contributed by atoms with Crippen molar-refractivity contribution in [1.82, 2.24) is 5.32 Å². The molecule has 0 amide bonds. The quantitative estimate of drug-likeness (QED) is 0.767. The Morgan fingerprint density at radius 3 is 2.38 bits per heavy atom. The molecule has 1 saturated carbocycles. The third-order valence-electron chi connectivity index (χ3n) is 3.44. The SMILES string of the molecule is CC1(CNCc2ccc(CCN)cc2)CC1. The van der Waals surface area contributed by atoms with Crippen molar-refractivity contribution in [2.45, 2.75) is 32.7 Å². The average Bonchev–Trinajstić information content (AvgIpc) is 3.00. The van der Waals surface area contributed by atoms with Crippen LogP contribution in [0.2, 0.25) is 0 Å². The van der Waals surface area contributed by atoms with Gasteiger partial charge in [0.15, 0.2) is 0 Å². The van der Waals surface area contributed by atoms with E-state index in [1.165, 1.54) is 24.0 Å². The highest BCUT2D eigenvalue weighted by atomic mass is 14.9.